The Morgan fingerprint density at radius 2 is 1.57 bits per heavy atom. The number of ether oxygens (including phenoxy) is 1. The molecule has 1 heterocycles. The van der Waals surface area contributed by atoms with Gasteiger partial charge in [-0.05, 0) is 36.8 Å². The van der Waals surface area contributed by atoms with Gasteiger partial charge in [0.15, 0.2) is 12.4 Å². The minimum atomic E-state index is 0.899. The highest BCUT2D eigenvalue weighted by Gasteiger charge is 1.93. The van der Waals surface area contributed by atoms with Gasteiger partial charge in [0, 0.05) is 31.9 Å². The van der Waals surface area contributed by atoms with Crippen LogP contribution < -0.4 is 14.2 Å². The Morgan fingerprint density at radius 1 is 1.00 bits per heavy atom. The Balaban J connectivity index is 0.000000211. The second-order valence-corrected chi connectivity index (χ2v) is 4.89. The number of anilines is 1. The van der Waals surface area contributed by atoms with Crippen LogP contribution in [-0.4, -0.2) is 21.2 Å². The zero-order valence-electron chi connectivity index (χ0n) is 13.6. The van der Waals surface area contributed by atoms with Crippen molar-refractivity contribution in [3.05, 3.63) is 60.4 Å². The van der Waals surface area contributed by atoms with Crippen molar-refractivity contribution in [3.63, 3.8) is 0 Å². The minimum Gasteiger partial charge on any atom is -0.497 e. The van der Waals surface area contributed by atoms with Gasteiger partial charge in [0.05, 0.1) is 7.11 Å². The molecule has 21 heavy (non-hydrogen) atoms. The summed E-state index contributed by atoms with van der Waals surface area (Å²) in [6, 6.07) is 12.1. The predicted molar refractivity (Wildman–Crippen MR) is 89.6 cm³/mol. The summed E-state index contributed by atoms with van der Waals surface area (Å²) >= 11 is 0. The van der Waals surface area contributed by atoms with Crippen molar-refractivity contribution < 1.29 is 9.30 Å². The van der Waals surface area contributed by atoms with Gasteiger partial charge < -0.3 is 9.64 Å². The average Bonchev–Trinajstić information content (AvgIpc) is 2.50. The molecule has 1 aromatic heterocycles. The van der Waals surface area contributed by atoms with E-state index in [0.29, 0.717) is 0 Å². The van der Waals surface area contributed by atoms with E-state index in [0.717, 1.165) is 5.75 Å². The molecule has 3 nitrogen and oxygen atoms in total. The fourth-order valence-corrected chi connectivity index (χ4v) is 1.70. The molecular formula is C18H25N2O+. The zero-order chi connectivity index (χ0) is 15.7. The van der Waals surface area contributed by atoms with Crippen molar-refractivity contribution in [2.45, 2.75) is 6.92 Å². The summed E-state index contributed by atoms with van der Waals surface area (Å²) < 4.78 is 7.05. The average molecular weight is 285 g/mol. The van der Waals surface area contributed by atoms with E-state index in [1.165, 1.54) is 11.3 Å². The summed E-state index contributed by atoms with van der Waals surface area (Å²) in [5, 5.41) is 0. The van der Waals surface area contributed by atoms with E-state index < -0.39 is 0 Å². The van der Waals surface area contributed by atoms with Gasteiger partial charge in [0.1, 0.15) is 12.8 Å². The third kappa shape index (κ3) is 6.13. The van der Waals surface area contributed by atoms with Crippen LogP contribution in [0, 0.1) is 0 Å². The summed E-state index contributed by atoms with van der Waals surface area (Å²) in [5.41, 5.74) is 2.44. The van der Waals surface area contributed by atoms with Gasteiger partial charge in [-0.3, -0.25) is 0 Å². The lowest BCUT2D eigenvalue weighted by Crippen LogP contribution is -2.25. The third-order valence-electron chi connectivity index (χ3n) is 2.95. The lowest BCUT2D eigenvalue weighted by molar-refractivity contribution is -0.671. The van der Waals surface area contributed by atoms with Crippen LogP contribution in [0.25, 0.3) is 6.08 Å². The largest absolute Gasteiger partial charge is 0.497 e. The molecule has 112 valence electrons. The van der Waals surface area contributed by atoms with Crippen LogP contribution in [0.15, 0.2) is 54.9 Å². The second-order valence-electron chi connectivity index (χ2n) is 4.89. The molecule has 0 fully saturated rings. The fourth-order valence-electron chi connectivity index (χ4n) is 1.70. The molecule has 0 unspecified atom stereocenters. The molecule has 0 aliphatic heterocycles. The Labute approximate surface area is 128 Å². The van der Waals surface area contributed by atoms with E-state index in [1.807, 2.05) is 75.4 Å². The standard InChI is InChI=1S/C9H13NO.C9H12N/c1-10(2)8-4-6-9(11-3)7-5-8;1-3-4-9-5-7-10(2)8-6-9/h4-7H,1-3H3;3-8H,1-2H3/q;+1. The molecule has 0 atom stereocenters. The summed E-state index contributed by atoms with van der Waals surface area (Å²) in [4.78, 5) is 2.06. The molecule has 0 aliphatic carbocycles. The van der Waals surface area contributed by atoms with Crippen LogP contribution in [0.5, 0.6) is 5.75 Å². The number of rotatable bonds is 3. The molecule has 3 heteroatoms. The first-order chi connectivity index (χ1) is 10.1. The lowest BCUT2D eigenvalue weighted by atomic mass is 10.2. The Kier molecular flexibility index (Phi) is 7.02. The maximum atomic E-state index is 5.03. The molecular weight excluding hydrogens is 260 g/mol. The first kappa shape index (κ1) is 16.8. The number of benzene rings is 1. The van der Waals surface area contributed by atoms with Gasteiger partial charge in [-0.1, -0.05) is 12.2 Å². The molecule has 0 saturated heterocycles. The van der Waals surface area contributed by atoms with Crippen molar-refractivity contribution in [2.24, 2.45) is 7.05 Å². The van der Waals surface area contributed by atoms with Crippen molar-refractivity contribution >= 4 is 11.8 Å². The van der Waals surface area contributed by atoms with Gasteiger partial charge in [-0.15, -0.1) is 0 Å². The van der Waals surface area contributed by atoms with Crippen LogP contribution >= 0.6 is 0 Å². The minimum absolute atomic E-state index is 0.899. The second kappa shape index (κ2) is 8.80. The quantitative estimate of drug-likeness (QED) is 0.805. The Morgan fingerprint density at radius 3 is 2.00 bits per heavy atom. The predicted octanol–water partition coefficient (Wildman–Crippen LogP) is 3.31. The number of pyridine rings is 1. The van der Waals surface area contributed by atoms with Gasteiger partial charge in [0.25, 0.3) is 0 Å². The van der Waals surface area contributed by atoms with Gasteiger partial charge >= 0.3 is 0 Å². The maximum absolute atomic E-state index is 5.03. The van der Waals surface area contributed by atoms with Crippen molar-refractivity contribution in [1.82, 2.24) is 0 Å². The monoisotopic (exact) mass is 285 g/mol. The van der Waals surface area contributed by atoms with Crippen molar-refractivity contribution in [2.75, 3.05) is 26.1 Å². The smallest absolute Gasteiger partial charge is 0.169 e. The van der Waals surface area contributed by atoms with Crippen LogP contribution in [0.4, 0.5) is 5.69 Å². The molecule has 0 saturated carbocycles. The summed E-state index contributed by atoms with van der Waals surface area (Å²) in [6.07, 6.45) is 8.19. The first-order valence-electron chi connectivity index (χ1n) is 6.96. The molecule has 0 radical (unpaired) electrons. The Bertz CT molecular complexity index is 542. The highest BCUT2D eigenvalue weighted by Crippen LogP contribution is 2.16. The number of aryl methyl sites for hydroxylation is 1. The van der Waals surface area contributed by atoms with Crippen LogP contribution in [0.1, 0.15) is 12.5 Å². The molecule has 0 bridgehead atoms. The molecule has 1 aromatic carbocycles. The highest BCUT2D eigenvalue weighted by atomic mass is 16.5. The van der Waals surface area contributed by atoms with E-state index in [2.05, 4.69) is 23.1 Å². The van der Waals surface area contributed by atoms with E-state index in [4.69, 9.17) is 4.74 Å². The van der Waals surface area contributed by atoms with E-state index >= 15 is 0 Å². The molecule has 0 spiro atoms. The summed E-state index contributed by atoms with van der Waals surface area (Å²) in [7, 11) is 7.72. The van der Waals surface area contributed by atoms with Crippen LogP contribution in [0.2, 0.25) is 0 Å². The molecule has 2 aromatic rings. The fraction of sp³-hybridized carbons (Fsp3) is 0.278. The van der Waals surface area contributed by atoms with Crippen LogP contribution in [0.3, 0.4) is 0 Å². The summed E-state index contributed by atoms with van der Waals surface area (Å²) in [6.45, 7) is 2.02. The van der Waals surface area contributed by atoms with E-state index in [1.54, 1.807) is 7.11 Å². The normalized spacial score (nSPS) is 9.95. The number of methoxy groups -OCH3 is 1. The molecule has 0 N–H and O–H groups in total. The molecule has 0 amide bonds. The van der Waals surface area contributed by atoms with E-state index in [9.17, 15) is 0 Å². The van der Waals surface area contributed by atoms with Gasteiger partial charge in [-0.25, -0.2) is 4.57 Å². The number of hydrogen-bond acceptors (Lipinski definition) is 2. The SMILES string of the molecule is CC=Cc1cc[n+](C)cc1.COc1ccc(N(C)C)cc1. The number of nitrogens with zero attached hydrogens (tertiary/aromatic N) is 2. The van der Waals surface area contributed by atoms with Crippen molar-refractivity contribution in [3.8, 4) is 5.75 Å². The Hall–Kier alpha value is -2.29. The van der Waals surface area contributed by atoms with Gasteiger partial charge in [-0.2, -0.15) is 0 Å². The lowest BCUT2D eigenvalue weighted by Gasteiger charge is -2.11. The van der Waals surface area contributed by atoms with Crippen molar-refractivity contribution in [1.29, 1.82) is 0 Å². The van der Waals surface area contributed by atoms with E-state index in [-0.39, 0.29) is 0 Å². The highest BCUT2D eigenvalue weighted by molar-refractivity contribution is 5.47. The number of allylic oxidation sites excluding steroid dienone is 1. The van der Waals surface area contributed by atoms with Gasteiger partial charge in [0.2, 0.25) is 0 Å². The number of hydrogen-bond donors (Lipinski definition) is 0. The first-order valence-corrected chi connectivity index (χ1v) is 6.96. The third-order valence-corrected chi connectivity index (χ3v) is 2.95. The molecule has 2 rings (SSSR count). The number of aromatic nitrogens is 1. The topological polar surface area (TPSA) is 16.4 Å². The summed E-state index contributed by atoms with van der Waals surface area (Å²) in [5.74, 6) is 0.899. The maximum Gasteiger partial charge on any atom is 0.169 e. The zero-order valence-corrected chi connectivity index (χ0v) is 13.6. The van der Waals surface area contributed by atoms with Crippen LogP contribution in [-0.2, 0) is 7.05 Å². The molecule has 0 aliphatic rings.